The largest absolute Gasteiger partial charge is 0.491 e. The third-order valence-electron chi connectivity index (χ3n) is 2.85. The third-order valence-corrected chi connectivity index (χ3v) is 3.34. The van der Waals surface area contributed by atoms with E-state index in [1.807, 2.05) is 25.1 Å². The highest BCUT2D eigenvalue weighted by Gasteiger charge is 2.00. The number of aryl methyl sites for hydroxylation is 1. The highest BCUT2D eigenvalue weighted by Crippen LogP contribution is 2.21. The summed E-state index contributed by atoms with van der Waals surface area (Å²) >= 11 is 3.44. The SMILES string of the molecule is COCCC[NH2+]CCOCCOc1ccc(Br)cc1C. The van der Waals surface area contributed by atoms with Gasteiger partial charge in [-0.1, -0.05) is 15.9 Å². The van der Waals surface area contributed by atoms with Gasteiger partial charge >= 0.3 is 0 Å². The van der Waals surface area contributed by atoms with Gasteiger partial charge in [0.2, 0.25) is 0 Å². The van der Waals surface area contributed by atoms with E-state index in [0.29, 0.717) is 13.2 Å². The molecule has 1 aromatic carbocycles. The molecular formula is C15H25BrNO3+. The maximum Gasteiger partial charge on any atom is 0.122 e. The van der Waals surface area contributed by atoms with Crippen molar-refractivity contribution in [3.8, 4) is 5.75 Å². The number of rotatable bonds is 11. The lowest BCUT2D eigenvalue weighted by Gasteiger charge is -2.09. The first-order valence-electron chi connectivity index (χ1n) is 7.01. The number of hydrogen-bond donors (Lipinski definition) is 1. The Kier molecular flexibility index (Phi) is 9.66. The second-order valence-corrected chi connectivity index (χ2v) is 5.50. The Morgan fingerprint density at radius 1 is 1.10 bits per heavy atom. The molecule has 0 fully saturated rings. The number of halogens is 1. The van der Waals surface area contributed by atoms with Crippen molar-refractivity contribution in [3.63, 3.8) is 0 Å². The summed E-state index contributed by atoms with van der Waals surface area (Å²) < 4.78 is 17.3. The Balaban J connectivity index is 1.97. The number of hydrogen-bond acceptors (Lipinski definition) is 3. The smallest absolute Gasteiger partial charge is 0.122 e. The minimum Gasteiger partial charge on any atom is -0.491 e. The van der Waals surface area contributed by atoms with Gasteiger partial charge in [0.05, 0.1) is 32.9 Å². The fraction of sp³-hybridized carbons (Fsp3) is 0.600. The van der Waals surface area contributed by atoms with E-state index in [9.17, 15) is 0 Å². The first-order valence-corrected chi connectivity index (χ1v) is 7.80. The molecule has 1 aromatic rings. The van der Waals surface area contributed by atoms with Gasteiger partial charge in [0, 0.05) is 18.0 Å². The molecule has 0 heterocycles. The van der Waals surface area contributed by atoms with Crippen LogP contribution >= 0.6 is 15.9 Å². The van der Waals surface area contributed by atoms with Crippen LogP contribution in [0.15, 0.2) is 22.7 Å². The molecule has 0 saturated carbocycles. The number of quaternary nitrogens is 1. The lowest BCUT2D eigenvalue weighted by molar-refractivity contribution is -0.656. The van der Waals surface area contributed by atoms with Crippen molar-refractivity contribution < 1.29 is 19.5 Å². The highest BCUT2D eigenvalue weighted by atomic mass is 79.9. The summed E-state index contributed by atoms with van der Waals surface area (Å²) in [5, 5.41) is 2.25. The van der Waals surface area contributed by atoms with Gasteiger partial charge in [-0.05, 0) is 30.7 Å². The average molecular weight is 347 g/mol. The molecular weight excluding hydrogens is 322 g/mol. The van der Waals surface area contributed by atoms with Crippen LogP contribution in [0.3, 0.4) is 0 Å². The van der Waals surface area contributed by atoms with Crippen molar-refractivity contribution in [1.82, 2.24) is 0 Å². The molecule has 0 saturated heterocycles. The molecule has 0 spiro atoms. The number of ether oxygens (including phenoxy) is 3. The van der Waals surface area contributed by atoms with Crippen LogP contribution in [0.5, 0.6) is 5.75 Å². The van der Waals surface area contributed by atoms with Crippen molar-refractivity contribution >= 4 is 15.9 Å². The summed E-state index contributed by atoms with van der Waals surface area (Å²) in [5.74, 6) is 0.919. The average Bonchev–Trinajstić information content (AvgIpc) is 2.43. The van der Waals surface area contributed by atoms with Crippen LogP contribution in [0.1, 0.15) is 12.0 Å². The fourth-order valence-corrected chi connectivity index (χ4v) is 2.25. The molecule has 0 atom stereocenters. The van der Waals surface area contributed by atoms with Gasteiger partial charge in [0.25, 0.3) is 0 Å². The van der Waals surface area contributed by atoms with Gasteiger partial charge in [-0.25, -0.2) is 0 Å². The molecule has 2 N–H and O–H groups in total. The van der Waals surface area contributed by atoms with Crippen molar-refractivity contribution in [2.75, 3.05) is 46.6 Å². The molecule has 0 aliphatic carbocycles. The third kappa shape index (κ3) is 7.85. The molecule has 4 nitrogen and oxygen atoms in total. The Morgan fingerprint density at radius 2 is 1.95 bits per heavy atom. The van der Waals surface area contributed by atoms with E-state index < -0.39 is 0 Å². The van der Waals surface area contributed by atoms with Gasteiger partial charge in [-0.2, -0.15) is 0 Å². The zero-order chi connectivity index (χ0) is 14.6. The number of nitrogens with two attached hydrogens (primary N) is 1. The maximum atomic E-state index is 5.68. The van der Waals surface area contributed by atoms with Crippen molar-refractivity contribution in [1.29, 1.82) is 0 Å². The van der Waals surface area contributed by atoms with Crippen molar-refractivity contribution in [2.45, 2.75) is 13.3 Å². The molecule has 0 aliphatic rings. The monoisotopic (exact) mass is 346 g/mol. The Hall–Kier alpha value is -0.620. The van der Waals surface area contributed by atoms with Gasteiger partial charge < -0.3 is 19.5 Å². The molecule has 0 aromatic heterocycles. The van der Waals surface area contributed by atoms with Crippen LogP contribution < -0.4 is 10.1 Å². The van der Waals surface area contributed by atoms with E-state index >= 15 is 0 Å². The fourth-order valence-electron chi connectivity index (χ4n) is 1.77. The molecule has 0 amide bonds. The quantitative estimate of drug-likeness (QED) is 0.621. The molecule has 0 aliphatic heterocycles. The van der Waals surface area contributed by atoms with E-state index in [4.69, 9.17) is 14.2 Å². The minimum atomic E-state index is 0.589. The van der Waals surface area contributed by atoms with Crippen LogP contribution in [0, 0.1) is 6.92 Å². The summed E-state index contributed by atoms with van der Waals surface area (Å²) in [4.78, 5) is 0. The maximum absolute atomic E-state index is 5.68. The summed E-state index contributed by atoms with van der Waals surface area (Å²) in [6, 6.07) is 6.01. The van der Waals surface area contributed by atoms with Crippen molar-refractivity contribution in [3.05, 3.63) is 28.2 Å². The lowest BCUT2D eigenvalue weighted by Crippen LogP contribution is -2.85. The predicted octanol–water partition coefficient (Wildman–Crippen LogP) is 1.75. The summed E-state index contributed by atoms with van der Waals surface area (Å²) in [7, 11) is 1.73. The van der Waals surface area contributed by atoms with E-state index in [-0.39, 0.29) is 0 Å². The second-order valence-electron chi connectivity index (χ2n) is 4.58. The minimum absolute atomic E-state index is 0.589. The van der Waals surface area contributed by atoms with Gasteiger partial charge in [-0.3, -0.25) is 0 Å². The van der Waals surface area contributed by atoms with E-state index in [1.165, 1.54) is 0 Å². The topological polar surface area (TPSA) is 44.3 Å². The van der Waals surface area contributed by atoms with Crippen LogP contribution in [0.25, 0.3) is 0 Å². The van der Waals surface area contributed by atoms with Gasteiger partial charge in [0.15, 0.2) is 0 Å². The van der Waals surface area contributed by atoms with Gasteiger partial charge in [0.1, 0.15) is 12.4 Å². The number of benzene rings is 1. The standard InChI is InChI=1S/C15H24BrNO3/c1-13-12-14(16)4-5-15(13)20-11-10-19-9-7-17-6-3-8-18-2/h4-5,12,17H,3,6-11H2,1-2H3/p+1. The Bertz CT molecular complexity index is 374. The van der Waals surface area contributed by atoms with Crippen LogP contribution in [-0.4, -0.2) is 46.6 Å². The van der Waals surface area contributed by atoms with Gasteiger partial charge in [-0.15, -0.1) is 0 Å². The predicted molar refractivity (Wildman–Crippen MR) is 83.3 cm³/mol. The van der Waals surface area contributed by atoms with E-state index in [1.54, 1.807) is 7.11 Å². The normalized spacial score (nSPS) is 10.8. The van der Waals surface area contributed by atoms with E-state index in [0.717, 1.165) is 48.5 Å². The summed E-state index contributed by atoms with van der Waals surface area (Å²) in [6.07, 6.45) is 1.09. The number of methoxy groups -OCH3 is 1. The molecule has 114 valence electrons. The summed E-state index contributed by atoms with van der Waals surface area (Å²) in [6.45, 7) is 6.92. The highest BCUT2D eigenvalue weighted by molar-refractivity contribution is 9.10. The van der Waals surface area contributed by atoms with Crippen LogP contribution in [0.2, 0.25) is 0 Å². The first kappa shape index (κ1) is 17.4. The zero-order valence-corrected chi connectivity index (χ0v) is 13.9. The van der Waals surface area contributed by atoms with Crippen LogP contribution in [0.4, 0.5) is 0 Å². The molecule has 5 heteroatoms. The molecule has 0 radical (unpaired) electrons. The first-order chi connectivity index (χ1) is 9.74. The van der Waals surface area contributed by atoms with Crippen LogP contribution in [-0.2, 0) is 9.47 Å². The zero-order valence-electron chi connectivity index (χ0n) is 12.4. The Morgan fingerprint density at radius 3 is 2.70 bits per heavy atom. The molecule has 0 unspecified atom stereocenters. The Labute approximate surface area is 129 Å². The molecule has 20 heavy (non-hydrogen) atoms. The lowest BCUT2D eigenvalue weighted by atomic mass is 10.2. The molecule has 1 rings (SSSR count). The van der Waals surface area contributed by atoms with E-state index in [2.05, 4.69) is 21.2 Å². The van der Waals surface area contributed by atoms with Crippen molar-refractivity contribution in [2.24, 2.45) is 0 Å². The molecule has 0 bridgehead atoms. The second kappa shape index (κ2) is 11.1. The summed E-state index contributed by atoms with van der Waals surface area (Å²) in [5.41, 5.74) is 1.13.